The summed E-state index contributed by atoms with van der Waals surface area (Å²) in [5, 5.41) is 24.7. The molecule has 18 heavy (non-hydrogen) atoms. The molecule has 0 aliphatic heterocycles. The van der Waals surface area contributed by atoms with Crippen LogP contribution in [0.5, 0.6) is 0 Å². The molecule has 5 nitrogen and oxygen atoms in total. The van der Waals surface area contributed by atoms with Gasteiger partial charge in [0.05, 0.1) is 6.10 Å². The molecule has 0 bridgehead atoms. The van der Waals surface area contributed by atoms with Gasteiger partial charge in [-0.1, -0.05) is 25.4 Å². The molecule has 106 valence electrons. The lowest BCUT2D eigenvalue weighted by molar-refractivity contribution is 0.149. The molecule has 0 heterocycles. The molecular formula is C13H27N3O2. The van der Waals surface area contributed by atoms with Crippen molar-refractivity contribution in [1.29, 1.82) is 0 Å². The fraction of sp³-hybridized carbons (Fsp3) is 0.923. The van der Waals surface area contributed by atoms with Gasteiger partial charge in [0.1, 0.15) is 5.84 Å². The molecule has 1 saturated carbocycles. The maximum atomic E-state index is 9.66. The van der Waals surface area contributed by atoms with Crippen molar-refractivity contribution in [3.63, 3.8) is 0 Å². The Kier molecular flexibility index (Phi) is 5.88. The van der Waals surface area contributed by atoms with Gasteiger partial charge in [0.2, 0.25) is 0 Å². The lowest BCUT2D eigenvalue weighted by Gasteiger charge is -2.22. The number of nitrogens with two attached hydrogens (primary N) is 1. The molecule has 1 rings (SSSR count). The largest absolute Gasteiger partial charge is 0.409 e. The van der Waals surface area contributed by atoms with E-state index in [1.807, 2.05) is 13.8 Å². The zero-order chi connectivity index (χ0) is 13.6. The smallest absolute Gasteiger partial charge is 0.144 e. The Bertz CT molecular complexity index is 275. The van der Waals surface area contributed by atoms with E-state index >= 15 is 0 Å². The quantitative estimate of drug-likeness (QED) is 0.165. The summed E-state index contributed by atoms with van der Waals surface area (Å²) in [6, 6.07) is 0. The second-order valence-corrected chi connectivity index (χ2v) is 5.94. The van der Waals surface area contributed by atoms with E-state index in [0.717, 1.165) is 25.8 Å². The third-order valence-electron chi connectivity index (χ3n) is 3.73. The molecule has 0 saturated heterocycles. The fourth-order valence-electron chi connectivity index (χ4n) is 1.98. The Morgan fingerprint density at radius 1 is 1.44 bits per heavy atom. The molecule has 1 aliphatic carbocycles. The number of hydrogen-bond donors (Lipinski definition) is 4. The van der Waals surface area contributed by atoms with E-state index in [9.17, 15) is 5.11 Å². The molecule has 5 heteroatoms. The van der Waals surface area contributed by atoms with Gasteiger partial charge in [-0.25, -0.2) is 0 Å². The van der Waals surface area contributed by atoms with Gasteiger partial charge < -0.3 is 21.4 Å². The summed E-state index contributed by atoms with van der Waals surface area (Å²) in [5.41, 5.74) is 5.38. The average molecular weight is 257 g/mol. The Labute approximate surface area is 109 Å². The second-order valence-electron chi connectivity index (χ2n) is 5.94. The molecule has 0 radical (unpaired) electrons. The van der Waals surface area contributed by atoms with Crippen LogP contribution in [-0.2, 0) is 0 Å². The van der Waals surface area contributed by atoms with Crippen molar-refractivity contribution in [1.82, 2.24) is 5.32 Å². The number of rotatable bonds is 9. The first kappa shape index (κ1) is 15.2. The van der Waals surface area contributed by atoms with Gasteiger partial charge in [-0.15, -0.1) is 0 Å². The summed E-state index contributed by atoms with van der Waals surface area (Å²) in [6.07, 6.45) is 5.15. The maximum absolute atomic E-state index is 9.66. The number of unbranched alkanes of at least 4 members (excludes halogenated alkanes) is 1. The zero-order valence-corrected chi connectivity index (χ0v) is 11.5. The molecule has 1 fully saturated rings. The van der Waals surface area contributed by atoms with Crippen LogP contribution in [-0.4, -0.2) is 35.3 Å². The highest BCUT2D eigenvalue weighted by Gasteiger charge is 2.29. The van der Waals surface area contributed by atoms with E-state index in [4.69, 9.17) is 10.9 Å². The monoisotopic (exact) mass is 257 g/mol. The van der Waals surface area contributed by atoms with Crippen LogP contribution >= 0.6 is 0 Å². The van der Waals surface area contributed by atoms with Crippen molar-refractivity contribution in [2.24, 2.45) is 22.2 Å². The van der Waals surface area contributed by atoms with E-state index in [-0.39, 0.29) is 11.5 Å². The number of nitrogens with one attached hydrogen (secondary N) is 1. The van der Waals surface area contributed by atoms with E-state index in [0.29, 0.717) is 18.3 Å². The van der Waals surface area contributed by atoms with Crippen LogP contribution < -0.4 is 11.1 Å². The standard InChI is InChI=1S/C13H27N3O2/c1-13(2,12(14)16-18)7-3-4-8-15-9-11(17)10-5-6-10/h10-11,15,17-18H,3-9H2,1-2H3,(H2,14,16). The number of aliphatic hydroxyl groups excluding tert-OH is 1. The van der Waals surface area contributed by atoms with Crippen LogP contribution in [0.4, 0.5) is 0 Å². The normalized spacial score (nSPS) is 18.9. The number of nitrogens with zero attached hydrogens (tertiary/aromatic N) is 1. The maximum Gasteiger partial charge on any atom is 0.144 e. The number of oxime groups is 1. The Hall–Kier alpha value is -0.810. The molecule has 1 atom stereocenters. The van der Waals surface area contributed by atoms with E-state index in [2.05, 4.69) is 10.5 Å². The lowest BCUT2D eigenvalue weighted by Crippen LogP contribution is -2.32. The van der Waals surface area contributed by atoms with Crippen molar-refractivity contribution in [2.75, 3.05) is 13.1 Å². The van der Waals surface area contributed by atoms with Gasteiger partial charge in [-0.05, 0) is 38.1 Å². The number of aliphatic hydroxyl groups is 1. The third-order valence-corrected chi connectivity index (χ3v) is 3.73. The summed E-state index contributed by atoms with van der Waals surface area (Å²) in [6.45, 7) is 5.57. The molecule has 0 spiro atoms. The Morgan fingerprint density at radius 2 is 2.11 bits per heavy atom. The highest BCUT2D eigenvalue weighted by Crippen LogP contribution is 2.32. The Morgan fingerprint density at radius 3 is 2.67 bits per heavy atom. The first-order valence-electron chi connectivity index (χ1n) is 6.84. The summed E-state index contributed by atoms with van der Waals surface area (Å²) >= 11 is 0. The predicted molar refractivity (Wildman–Crippen MR) is 72.6 cm³/mol. The van der Waals surface area contributed by atoms with Crippen molar-refractivity contribution < 1.29 is 10.3 Å². The first-order chi connectivity index (χ1) is 8.47. The predicted octanol–water partition coefficient (Wildman–Crippen LogP) is 1.29. The molecule has 0 aromatic rings. The lowest BCUT2D eigenvalue weighted by atomic mass is 9.86. The van der Waals surface area contributed by atoms with Gasteiger partial charge in [-0.3, -0.25) is 0 Å². The van der Waals surface area contributed by atoms with Crippen molar-refractivity contribution in [3.05, 3.63) is 0 Å². The summed E-state index contributed by atoms with van der Waals surface area (Å²) in [4.78, 5) is 0. The van der Waals surface area contributed by atoms with E-state index in [1.54, 1.807) is 0 Å². The Balaban J connectivity index is 2.00. The van der Waals surface area contributed by atoms with Crippen molar-refractivity contribution >= 4 is 5.84 Å². The van der Waals surface area contributed by atoms with Crippen LogP contribution in [0.15, 0.2) is 5.16 Å². The molecular weight excluding hydrogens is 230 g/mol. The van der Waals surface area contributed by atoms with Crippen molar-refractivity contribution in [2.45, 2.75) is 52.1 Å². The molecule has 0 aromatic heterocycles. The van der Waals surface area contributed by atoms with Gasteiger partial charge in [0.25, 0.3) is 0 Å². The fourth-order valence-corrected chi connectivity index (χ4v) is 1.98. The highest BCUT2D eigenvalue weighted by molar-refractivity contribution is 5.85. The minimum absolute atomic E-state index is 0.168. The third kappa shape index (κ3) is 5.23. The molecule has 0 amide bonds. The van der Waals surface area contributed by atoms with E-state index in [1.165, 1.54) is 12.8 Å². The highest BCUT2D eigenvalue weighted by atomic mass is 16.4. The number of amidine groups is 1. The molecule has 5 N–H and O–H groups in total. The van der Waals surface area contributed by atoms with Gasteiger partial charge in [-0.2, -0.15) is 0 Å². The van der Waals surface area contributed by atoms with Crippen molar-refractivity contribution in [3.8, 4) is 0 Å². The average Bonchev–Trinajstić information content (AvgIpc) is 3.16. The summed E-state index contributed by atoms with van der Waals surface area (Å²) in [7, 11) is 0. The van der Waals surface area contributed by atoms with Gasteiger partial charge in [0, 0.05) is 12.0 Å². The van der Waals surface area contributed by atoms with Gasteiger partial charge in [0.15, 0.2) is 0 Å². The van der Waals surface area contributed by atoms with Crippen LogP contribution in [0, 0.1) is 11.3 Å². The minimum Gasteiger partial charge on any atom is -0.409 e. The van der Waals surface area contributed by atoms with Gasteiger partial charge >= 0.3 is 0 Å². The second kappa shape index (κ2) is 6.95. The van der Waals surface area contributed by atoms with E-state index < -0.39 is 0 Å². The van der Waals surface area contributed by atoms with Crippen LogP contribution in [0.3, 0.4) is 0 Å². The summed E-state index contributed by atoms with van der Waals surface area (Å²) < 4.78 is 0. The first-order valence-corrected chi connectivity index (χ1v) is 6.84. The van der Waals surface area contributed by atoms with Crippen LogP contribution in [0.2, 0.25) is 0 Å². The molecule has 1 aliphatic rings. The van der Waals surface area contributed by atoms with Crippen LogP contribution in [0.1, 0.15) is 46.0 Å². The van der Waals surface area contributed by atoms with Crippen LogP contribution in [0.25, 0.3) is 0 Å². The SMILES string of the molecule is CC(C)(CCCCNCC(O)C1CC1)C(N)=NO. The summed E-state index contributed by atoms with van der Waals surface area (Å²) in [5.74, 6) is 0.830. The number of hydrogen-bond acceptors (Lipinski definition) is 4. The minimum atomic E-state index is -0.248. The zero-order valence-electron chi connectivity index (χ0n) is 11.5. The molecule has 1 unspecified atom stereocenters. The molecule has 0 aromatic carbocycles. The topological polar surface area (TPSA) is 90.9 Å².